The number of guanidine groups is 1. The van der Waals surface area contributed by atoms with Crippen LogP contribution in [0.5, 0.6) is 0 Å². The molecule has 5 nitrogen and oxygen atoms in total. The lowest BCUT2D eigenvalue weighted by Gasteiger charge is -2.28. The molecule has 0 radical (unpaired) electrons. The molecule has 2 aliphatic rings. The van der Waals surface area contributed by atoms with E-state index < -0.39 is 0 Å². The third-order valence-corrected chi connectivity index (χ3v) is 5.16. The Morgan fingerprint density at radius 3 is 2.71 bits per heavy atom. The molecule has 2 aliphatic heterocycles. The standard InChI is InChI=1S/C15H24N4OS/c16-15(19-7-10-21-11-8-19)17-12-13(14-4-3-9-20-14)18-5-1-2-6-18/h3-4,9,13H,1-2,5-8,10-12H2,(H2,16,17). The second kappa shape index (κ2) is 7.22. The lowest BCUT2D eigenvalue weighted by molar-refractivity contribution is 0.220. The molecule has 1 aromatic rings. The van der Waals surface area contributed by atoms with Gasteiger partial charge in [0.1, 0.15) is 5.76 Å². The quantitative estimate of drug-likeness (QED) is 0.679. The average Bonchev–Trinajstić information content (AvgIpc) is 3.22. The van der Waals surface area contributed by atoms with E-state index in [1.54, 1.807) is 6.26 Å². The molecular weight excluding hydrogens is 284 g/mol. The van der Waals surface area contributed by atoms with E-state index in [0.29, 0.717) is 12.5 Å². The van der Waals surface area contributed by atoms with Crippen LogP contribution in [0, 0.1) is 0 Å². The number of likely N-dealkylation sites (tertiary alicyclic amines) is 1. The first kappa shape index (κ1) is 14.8. The zero-order chi connectivity index (χ0) is 14.5. The van der Waals surface area contributed by atoms with Crippen LogP contribution in [0.25, 0.3) is 0 Å². The first-order valence-electron chi connectivity index (χ1n) is 7.74. The smallest absolute Gasteiger partial charge is 0.191 e. The summed E-state index contributed by atoms with van der Waals surface area (Å²) in [7, 11) is 0. The van der Waals surface area contributed by atoms with Crippen LogP contribution in [0.1, 0.15) is 24.6 Å². The van der Waals surface area contributed by atoms with Crippen molar-refractivity contribution in [2.75, 3.05) is 44.2 Å². The molecule has 0 spiro atoms. The zero-order valence-corrected chi connectivity index (χ0v) is 13.2. The molecule has 6 heteroatoms. The Balaban J connectivity index is 1.66. The van der Waals surface area contributed by atoms with Crippen LogP contribution in [-0.4, -0.2) is 60.0 Å². The van der Waals surface area contributed by atoms with Gasteiger partial charge in [-0.1, -0.05) is 0 Å². The summed E-state index contributed by atoms with van der Waals surface area (Å²) in [5.74, 6) is 3.97. The monoisotopic (exact) mass is 308 g/mol. The minimum atomic E-state index is 0.222. The third kappa shape index (κ3) is 3.74. The van der Waals surface area contributed by atoms with E-state index >= 15 is 0 Å². The fraction of sp³-hybridized carbons (Fsp3) is 0.667. The predicted octanol–water partition coefficient (Wildman–Crippen LogP) is 1.78. The molecule has 0 aromatic carbocycles. The number of nitrogens with zero attached hydrogens (tertiary/aromatic N) is 3. The van der Waals surface area contributed by atoms with Crippen LogP contribution >= 0.6 is 11.8 Å². The summed E-state index contributed by atoms with van der Waals surface area (Å²) in [6, 6.07) is 4.22. The van der Waals surface area contributed by atoms with E-state index in [1.165, 1.54) is 12.8 Å². The van der Waals surface area contributed by atoms with E-state index in [0.717, 1.165) is 43.4 Å². The number of thioether (sulfide) groups is 1. The van der Waals surface area contributed by atoms with Crippen molar-refractivity contribution in [1.82, 2.24) is 9.80 Å². The topological polar surface area (TPSA) is 58.0 Å². The molecule has 116 valence electrons. The van der Waals surface area contributed by atoms with Gasteiger partial charge in [-0.25, -0.2) is 0 Å². The Labute approximate surface area is 130 Å². The van der Waals surface area contributed by atoms with Gasteiger partial charge in [-0.05, 0) is 38.1 Å². The molecule has 1 unspecified atom stereocenters. The fourth-order valence-corrected chi connectivity index (χ4v) is 3.90. The highest BCUT2D eigenvalue weighted by Gasteiger charge is 2.25. The number of furan rings is 1. The number of hydrogen-bond donors (Lipinski definition) is 1. The van der Waals surface area contributed by atoms with E-state index in [2.05, 4.69) is 14.8 Å². The fourth-order valence-electron chi connectivity index (χ4n) is 2.99. The van der Waals surface area contributed by atoms with Crippen LogP contribution < -0.4 is 5.73 Å². The Morgan fingerprint density at radius 1 is 1.29 bits per heavy atom. The molecule has 1 aromatic heterocycles. The van der Waals surface area contributed by atoms with Crippen LogP contribution in [0.15, 0.2) is 27.8 Å². The van der Waals surface area contributed by atoms with Crippen molar-refractivity contribution >= 4 is 17.7 Å². The molecule has 2 saturated heterocycles. The van der Waals surface area contributed by atoms with Gasteiger partial charge in [-0.3, -0.25) is 9.89 Å². The Morgan fingerprint density at radius 2 is 2.05 bits per heavy atom. The molecule has 0 amide bonds. The highest BCUT2D eigenvalue weighted by Crippen LogP contribution is 2.25. The van der Waals surface area contributed by atoms with Crippen molar-refractivity contribution in [2.24, 2.45) is 10.7 Å². The van der Waals surface area contributed by atoms with E-state index in [4.69, 9.17) is 10.2 Å². The van der Waals surface area contributed by atoms with Gasteiger partial charge in [0.2, 0.25) is 0 Å². The van der Waals surface area contributed by atoms with E-state index in [1.807, 2.05) is 23.9 Å². The number of hydrogen-bond acceptors (Lipinski definition) is 4. The van der Waals surface area contributed by atoms with Gasteiger partial charge in [-0.2, -0.15) is 11.8 Å². The Kier molecular flexibility index (Phi) is 5.08. The largest absolute Gasteiger partial charge is 0.468 e. The molecule has 21 heavy (non-hydrogen) atoms. The summed E-state index contributed by atoms with van der Waals surface area (Å²) in [6.07, 6.45) is 4.27. The van der Waals surface area contributed by atoms with E-state index in [9.17, 15) is 0 Å². The summed E-state index contributed by atoms with van der Waals surface area (Å²) in [5, 5.41) is 0. The SMILES string of the molecule is NC(=NCC(c1ccco1)N1CCCC1)N1CCSCC1. The highest BCUT2D eigenvalue weighted by atomic mass is 32.2. The van der Waals surface area contributed by atoms with Crippen molar-refractivity contribution in [3.05, 3.63) is 24.2 Å². The van der Waals surface area contributed by atoms with Gasteiger partial charge in [0.15, 0.2) is 5.96 Å². The highest BCUT2D eigenvalue weighted by molar-refractivity contribution is 7.99. The number of nitrogens with two attached hydrogens (primary N) is 1. The van der Waals surface area contributed by atoms with Crippen molar-refractivity contribution in [2.45, 2.75) is 18.9 Å². The molecule has 2 fully saturated rings. The zero-order valence-electron chi connectivity index (χ0n) is 12.4. The first-order valence-corrected chi connectivity index (χ1v) is 8.90. The van der Waals surface area contributed by atoms with Gasteiger partial charge >= 0.3 is 0 Å². The second-order valence-electron chi connectivity index (χ2n) is 5.57. The van der Waals surface area contributed by atoms with Crippen molar-refractivity contribution in [1.29, 1.82) is 0 Å². The lowest BCUT2D eigenvalue weighted by Crippen LogP contribution is -2.43. The van der Waals surface area contributed by atoms with E-state index in [-0.39, 0.29) is 6.04 Å². The molecule has 0 saturated carbocycles. The summed E-state index contributed by atoms with van der Waals surface area (Å²) in [6.45, 7) is 4.95. The Bertz CT molecular complexity index is 450. The summed E-state index contributed by atoms with van der Waals surface area (Å²) >= 11 is 1.98. The van der Waals surface area contributed by atoms with Crippen molar-refractivity contribution in [3.8, 4) is 0 Å². The molecule has 2 N–H and O–H groups in total. The predicted molar refractivity (Wildman–Crippen MR) is 87.6 cm³/mol. The lowest BCUT2D eigenvalue weighted by atomic mass is 10.2. The van der Waals surface area contributed by atoms with Gasteiger partial charge < -0.3 is 15.1 Å². The normalized spacial score (nSPS) is 22.7. The molecule has 3 heterocycles. The molecule has 3 rings (SSSR count). The number of rotatable bonds is 4. The van der Waals surface area contributed by atoms with Crippen LogP contribution in [0.3, 0.4) is 0 Å². The third-order valence-electron chi connectivity index (χ3n) is 4.21. The summed E-state index contributed by atoms with van der Waals surface area (Å²) in [4.78, 5) is 9.31. The van der Waals surface area contributed by atoms with Crippen molar-refractivity contribution in [3.63, 3.8) is 0 Å². The first-order chi connectivity index (χ1) is 10.3. The average molecular weight is 308 g/mol. The minimum absolute atomic E-state index is 0.222. The Hall–Kier alpha value is -1.14. The van der Waals surface area contributed by atoms with Gasteiger partial charge in [0, 0.05) is 24.6 Å². The minimum Gasteiger partial charge on any atom is -0.468 e. The maximum absolute atomic E-state index is 6.17. The van der Waals surface area contributed by atoms with Gasteiger partial charge in [-0.15, -0.1) is 0 Å². The second-order valence-corrected chi connectivity index (χ2v) is 6.80. The van der Waals surface area contributed by atoms with Gasteiger partial charge in [0.05, 0.1) is 18.8 Å². The molecule has 0 bridgehead atoms. The molecular formula is C15H24N4OS. The summed E-state index contributed by atoms with van der Waals surface area (Å²) in [5.41, 5.74) is 6.17. The van der Waals surface area contributed by atoms with Gasteiger partial charge in [0.25, 0.3) is 0 Å². The number of aliphatic imine (C=N–C) groups is 1. The van der Waals surface area contributed by atoms with Crippen molar-refractivity contribution < 1.29 is 4.42 Å². The molecule has 1 atom stereocenters. The molecule has 0 aliphatic carbocycles. The maximum Gasteiger partial charge on any atom is 0.191 e. The summed E-state index contributed by atoms with van der Waals surface area (Å²) < 4.78 is 5.62. The maximum atomic E-state index is 6.17. The van der Waals surface area contributed by atoms with Crippen LogP contribution in [0.4, 0.5) is 0 Å². The van der Waals surface area contributed by atoms with Crippen LogP contribution in [-0.2, 0) is 0 Å². The van der Waals surface area contributed by atoms with Crippen LogP contribution in [0.2, 0.25) is 0 Å².